The van der Waals surface area contributed by atoms with Gasteiger partial charge in [-0.15, -0.1) is 0 Å². The largest absolute Gasteiger partial charge is 0.480 e. The molecule has 4 aromatic rings. The zero-order valence-corrected chi connectivity index (χ0v) is 20.4. The summed E-state index contributed by atoms with van der Waals surface area (Å²) in [6.45, 7) is 0. The van der Waals surface area contributed by atoms with Crippen LogP contribution in [0, 0.1) is 0 Å². The quantitative estimate of drug-likeness (QED) is 0.361. The average Bonchev–Trinajstić information content (AvgIpc) is 2.89. The molecule has 0 spiro atoms. The zero-order chi connectivity index (χ0) is 25.7. The molecule has 0 aliphatic rings. The number of carboxylic acid groups (broad SMARTS) is 1. The Hall–Kier alpha value is -4.23. The summed E-state index contributed by atoms with van der Waals surface area (Å²) in [5.74, 6) is -1.62. The van der Waals surface area contributed by atoms with Gasteiger partial charge in [-0.25, -0.2) is 13.2 Å². The first kappa shape index (κ1) is 24.9. The van der Waals surface area contributed by atoms with Crippen molar-refractivity contribution in [3.8, 4) is 22.3 Å². The van der Waals surface area contributed by atoms with Crippen LogP contribution in [-0.2, 0) is 21.1 Å². The number of aliphatic carboxylic acids is 1. The molecule has 2 N–H and O–H groups in total. The molecule has 0 aromatic heterocycles. The monoisotopic (exact) mass is 499 g/mol. The third-order valence-electron chi connectivity index (χ3n) is 5.84. The predicted octanol–water partition coefficient (Wildman–Crippen LogP) is 4.85. The molecular weight excluding hydrogens is 474 g/mol. The Morgan fingerprint density at radius 1 is 0.750 bits per heavy atom. The van der Waals surface area contributed by atoms with Crippen molar-refractivity contribution in [2.75, 3.05) is 6.26 Å². The first-order valence-electron chi connectivity index (χ1n) is 11.3. The van der Waals surface area contributed by atoms with Crippen molar-refractivity contribution in [2.45, 2.75) is 17.4 Å². The maximum Gasteiger partial charge on any atom is 0.326 e. The number of sulfone groups is 1. The van der Waals surface area contributed by atoms with E-state index in [9.17, 15) is 23.1 Å². The summed E-state index contributed by atoms with van der Waals surface area (Å²) < 4.78 is 23.4. The lowest BCUT2D eigenvalue weighted by Gasteiger charge is -2.15. The summed E-state index contributed by atoms with van der Waals surface area (Å²) >= 11 is 0. The lowest BCUT2D eigenvalue weighted by Crippen LogP contribution is -2.42. The topological polar surface area (TPSA) is 101 Å². The molecule has 7 heteroatoms. The van der Waals surface area contributed by atoms with Gasteiger partial charge in [0.15, 0.2) is 9.84 Å². The Bertz CT molecular complexity index is 1480. The third kappa shape index (κ3) is 6.06. The fraction of sp³-hybridized carbons (Fsp3) is 0.103. The summed E-state index contributed by atoms with van der Waals surface area (Å²) in [6.07, 6.45) is 1.28. The van der Waals surface area contributed by atoms with E-state index in [1.165, 1.54) is 12.1 Å². The molecule has 0 aliphatic heterocycles. The maximum absolute atomic E-state index is 12.9. The van der Waals surface area contributed by atoms with Gasteiger partial charge in [0.1, 0.15) is 6.04 Å². The number of amides is 1. The van der Waals surface area contributed by atoms with Crippen LogP contribution < -0.4 is 5.32 Å². The van der Waals surface area contributed by atoms with Gasteiger partial charge < -0.3 is 10.4 Å². The Kier molecular flexibility index (Phi) is 7.31. The zero-order valence-electron chi connectivity index (χ0n) is 19.6. The normalized spacial score (nSPS) is 12.0. The molecule has 4 rings (SSSR count). The van der Waals surface area contributed by atoms with E-state index in [2.05, 4.69) is 5.32 Å². The number of carbonyl (C=O) groups is 2. The molecule has 0 fully saturated rings. The minimum Gasteiger partial charge on any atom is -0.480 e. The van der Waals surface area contributed by atoms with Crippen LogP contribution in [0.25, 0.3) is 22.3 Å². The summed E-state index contributed by atoms with van der Waals surface area (Å²) in [6, 6.07) is 29.5. The number of benzene rings is 4. The van der Waals surface area contributed by atoms with Gasteiger partial charge in [0.2, 0.25) is 0 Å². The van der Waals surface area contributed by atoms with E-state index < -0.39 is 27.8 Å². The van der Waals surface area contributed by atoms with Gasteiger partial charge in [-0.3, -0.25) is 4.79 Å². The molecule has 0 saturated carbocycles. The number of rotatable bonds is 8. The van der Waals surface area contributed by atoms with E-state index in [1.807, 2.05) is 54.6 Å². The molecule has 1 unspecified atom stereocenters. The SMILES string of the molecule is CS(=O)(=O)c1ccc(-c2cccc(C(=O)NC(Cc3ccc(-c4ccccc4)cc3)C(=O)O)c2)cc1. The van der Waals surface area contributed by atoms with Crippen molar-refractivity contribution in [1.29, 1.82) is 0 Å². The van der Waals surface area contributed by atoms with Crippen LogP contribution in [0.3, 0.4) is 0 Å². The number of carbonyl (C=O) groups excluding carboxylic acids is 1. The molecule has 4 aromatic carbocycles. The van der Waals surface area contributed by atoms with E-state index in [0.717, 1.165) is 28.5 Å². The number of hydrogen-bond acceptors (Lipinski definition) is 4. The highest BCUT2D eigenvalue weighted by molar-refractivity contribution is 7.90. The molecule has 0 bridgehead atoms. The second-order valence-electron chi connectivity index (χ2n) is 8.51. The van der Waals surface area contributed by atoms with Crippen LogP contribution in [0.2, 0.25) is 0 Å². The van der Waals surface area contributed by atoms with Crippen molar-refractivity contribution in [3.63, 3.8) is 0 Å². The minimum atomic E-state index is -3.31. The summed E-state index contributed by atoms with van der Waals surface area (Å²) in [4.78, 5) is 25.0. The fourth-order valence-corrected chi connectivity index (χ4v) is 4.51. The molecule has 1 amide bonds. The molecule has 182 valence electrons. The van der Waals surface area contributed by atoms with Crippen LogP contribution in [0.1, 0.15) is 15.9 Å². The molecular formula is C29H25NO5S. The highest BCUT2D eigenvalue weighted by atomic mass is 32.2. The molecule has 0 heterocycles. The van der Waals surface area contributed by atoms with Crippen molar-refractivity contribution < 1.29 is 23.1 Å². The maximum atomic E-state index is 12.9. The van der Waals surface area contributed by atoms with E-state index in [0.29, 0.717) is 11.1 Å². The van der Waals surface area contributed by atoms with Crippen LogP contribution >= 0.6 is 0 Å². The van der Waals surface area contributed by atoms with Gasteiger partial charge in [0.25, 0.3) is 5.91 Å². The van der Waals surface area contributed by atoms with Gasteiger partial charge >= 0.3 is 5.97 Å². The Labute approximate surface area is 210 Å². The fourth-order valence-electron chi connectivity index (χ4n) is 3.88. The molecule has 36 heavy (non-hydrogen) atoms. The van der Waals surface area contributed by atoms with Crippen LogP contribution in [0.4, 0.5) is 0 Å². The summed E-state index contributed by atoms with van der Waals surface area (Å²) in [7, 11) is -3.31. The molecule has 6 nitrogen and oxygen atoms in total. The standard InChI is InChI=1S/C29H25NO5S/c1-36(34,35)26-16-14-23(15-17-26)24-8-5-9-25(19-24)28(31)30-27(29(32)33)18-20-10-12-22(13-11-20)21-6-3-2-4-7-21/h2-17,19,27H,18H2,1H3,(H,30,31)(H,32,33). The summed E-state index contributed by atoms with van der Waals surface area (Å²) in [5, 5.41) is 12.3. The van der Waals surface area contributed by atoms with Gasteiger partial charge in [-0.1, -0.05) is 78.9 Å². The Balaban J connectivity index is 1.47. The highest BCUT2D eigenvalue weighted by Crippen LogP contribution is 2.23. The number of carboxylic acids is 1. The summed E-state index contributed by atoms with van der Waals surface area (Å²) in [5.41, 5.74) is 4.65. The predicted molar refractivity (Wildman–Crippen MR) is 139 cm³/mol. The van der Waals surface area contributed by atoms with Crippen LogP contribution in [0.5, 0.6) is 0 Å². The van der Waals surface area contributed by atoms with Gasteiger partial charge in [-0.05, 0) is 52.1 Å². The van der Waals surface area contributed by atoms with Crippen molar-refractivity contribution in [2.24, 2.45) is 0 Å². The van der Waals surface area contributed by atoms with E-state index >= 15 is 0 Å². The first-order valence-corrected chi connectivity index (χ1v) is 13.2. The van der Waals surface area contributed by atoms with E-state index in [-0.39, 0.29) is 11.3 Å². The molecule has 0 saturated heterocycles. The second-order valence-corrected chi connectivity index (χ2v) is 10.5. The van der Waals surface area contributed by atoms with Gasteiger partial charge in [0, 0.05) is 18.2 Å². The van der Waals surface area contributed by atoms with Gasteiger partial charge in [-0.2, -0.15) is 0 Å². The van der Waals surface area contributed by atoms with Crippen molar-refractivity contribution in [1.82, 2.24) is 5.32 Å². The third-order valence-corrected chi connectivity index (χ3v) is 6.97. The lowest BCUT2D eigenvalue weighted by molar-refractivity contribution is -0.139. The number of hydrogen-bond donors (Lipinski definition) is 2. The van der Waals surface area contributed by atoms with Crippen molar-refractivity contribution in [3.05, 3.63) is 114 Å². The van der Waals surface area contributed by atoms with Crippen LogP contribution in [0.15, 0.2) is 108 Å². The highest BCUT2D eigenvalue weighted by Gasteiger charge is 2.21. The molecule has 0 aliphatic carbocycles. The second kappa shape index (κ2) is 10.6. The van der Waals surface area contributed by atoms with Crippen molar-refractivity contribution >= 4 is 21.7 Å². The number of nitrogens with one attached hydrogen (secondary N) is 1. The minimum absolute atomic E-state index is 0.142. The van der Waals surface area contributed by atoms with Crippen LogP contribution in [-0.4, -0.2) is 37.7 Å². The Morgan fingerprint density at radius 2 is 1.31 bits per heavy atom. The molecule has 0 radical (unpaired) electrons. The average molecular weight is 500 g/mol. The van der Waals surface area contributed by atoms with E-state index in [4.69, 9.17) is 0 Å². The van der Waals surface area contributed by atoms with E-state index in [1.54, 1.807) is 36.4 Å². The Morgan fingerprint density at radius 3 is 1.92 bits per heavy atom. The lowest BCUT2D eigenvalue weighted by atomic mass is 10.00. The van der Waals surface area contributed by atoms with Gasteiger partial charge in [0.05, 0.1) is 4.90 Å². The first-order chi connectivity index (χ1) is 17.2. The smallest absolute Gasteiger partial charge is 0.326 e. The molecule has 1 atom stereocenters.